The molecular weight excluding hydrogens is 186 g/mol. The molecule has 1 atom stereocenters. The molecular formula is C13H15NO. The van der Waals surface area contributed by atoms with Crippen molar-refractivity contribution in [1.29, 1.82) is 0 Å². The molecule has 15 heavy (non-hydrogen) atoms. The highest BCUT2D eigenvalue weighted by Gasteiger charge is 2.12. The van der Waals surface area contributed by atoms with Crippen LogP contribution in [0.2, 0.25) is 0 Å². The summed E-state index contributed by atoms with van der Waals surface area (Å²) in [6.45, 7) is 0. The number of hydrogen-bond acceptors (Lipinski definition) is 2. The van der Waals surface area contributed by atoms with Crippen LogP contribution in [-0.4, -0.2) is 17.4 Å². The van der Waals surface area contributed by atoms with Gasteiger partial charge in [0.05, 0.1) is 11.8 Å². The highest BCUT2D eigenvalue weighted by atomic mass is 16.3. The van der Waals surface area contributed by atoms with E-state index in [0.29, 0.717) is 0 Å². The minimum Gasteiger partial charge on any atom is -0.388 e. The number of aliphatic hydroxyl groups is 1. The molecule has 0 spiro atoms. The summed E-state index contributed by atoms with van der Waals surface area (Å²) in [7, 11) is 0. The zero-order valence-corrected chi connectivity index (χ0v) is 8.63. The van der Waals surface area contributed by atoms with Gasteiger partial charge < -0.3 is 5.11 Å². The topological polar surface area (TPSA) is 32.6 Å². The van der Waals surface area contributed by atoms with E-state index in [4.69, 9.17) is 0 Å². The monoisotopic (exact) mass is 201 g/mol. The van der Waals surface area contributed by atoms with Crippen LogP contribution in [-0.2, 0) is 0 Å². The number of aliphatic imine (C=N–C) groups is 1. The van der Waals surface area contributed by atoms with Gasteiger partial charge in [0.2, 0.25) is 0 Å². The van der Waals surface area contributed by atoms with Crippen molar-refractivity contribution in [3.05, 3.63) is 42.0 Å². The summed E-state index contributed by atoms with van der Waals surface area (Å²) in [6, 6.07) is 9.78. The van der Waals surface area contributed by atoms with Crippen LogP contribution in [0, 0.1) is 0 Å². The summed E-state index contributed by atoms with van der Waals surface area (Å²) < 4.78 is 0. The van der Waals surface area contributed by atoms with Crippen LogP contribution in [0.3, 0.4) is 0 Å². The van der Waals surface area contributed by atoms with Gasteiger partial charge in [-0.2, -0.15) is 0 Å². The van der Waals surface area contributed by atoms with Crippen LogP contribution in [0.15, 0.2) is 47.0 Å². The maximum atomic E-state index is 9.69. The van der Waals surface area contributed by atoms with Crippen molar-refractivity contribution >= 4 is 11.9 Å². The summed E-state index contributed by atoms with van der Waals surface area (Å²) in [4.78, 5) is 4.33. The third-order valence-corrected chi connectivity index (χ3v) is 2.57. The van der Waals surface area contributed by atoms with Crippen molar-refractivity contribution in [3.8, 4) is 0 Å². The van der Waals surface area contributed by atoms with Gasteiger partial charge >= 0.3 is 0 Å². The second-order valence-corrected chi connectivity index (χ2v) is 3.74. The van der Waals surface area contributed by atoms with Crippen LogP contribution >= 0.6 is 0 Å². The first-order valence-corrected chi connectivity index (χ1v) is 5.33. The molecule has 0 fully saturated rings. The predicted octanol–water partition coefficient (Wildman–Crippen LogP) is 2.86. The fourth-order valence-electron chi connectivity index (χ4n) is 1.68. The van der Waals surface area contributed by atoms with Crippen molar-refractivity contribution < 1.29 is 5.11 Å². The third-order valence-electron chi connectivity index (χ3n) is 2.57. The molecule has 0 bridgehead atoms. The van der Waals surface area contributed by atoms with E-state index < -0.39 is 0 Å². The maximum Gasteiger partial charge on any atom is 0.0801 e. The van der Waals surface area contributed by atoms with Gasteiger partial charge in [-0.15, -0.1) is 0 Å². The molecule has 2 nitrogen and oxygen atoms in total. The Hall–Kier alpha value is -1.41. The van der Waals surface area contributed by atoms with Crippen molar-refractivity contribution in [3.63, 3.8) is 0 Å². The zero-order valence-electron chi connectivity index (χ0n) is 8.63. The third kappa shape index (κ3) is 2.77. The molecule has 78 valence electrons. The van der Waals surface area contributed by atoms with Crippen molar-refractivity contribution in [2.75, 3.05) is 0 Å². The van der Waals surface area contributed by atoms with Gasteiger partial charge in [-0.25, -0.2) is 0 Å². The Kier molecular flexibility index (Phi) is 3.30. The van der Waals surface area contributed by atoms with E-state index in [0.717, 1.165) is 30.5 Å². The lowest BCUT2D eigenvalue weighted by atomic mass is 9.97. The minimum atomic E-state index is -0.328. The van der Waals surface area contributed by atoms with Gasteiger partial charge in [-0.1, -0.05) is 24.3 Å². The molecule has 0 aromatic heterocycles. The van der Waals surface area contributed by atoms with E-state index in [1.165, 1.54) is 0 Å². The fourth-order valence-corrected chi connectivity index (χ4v) is 1.68. The molecule has 0 aliphatic heterocycles. The first-order chi connectivity index (χ1) is 7.36. The normalized spacial score (nSPS) is 21.7. The summed E-state index contributed by atoms with van der Waals surface area (Å²) in [5.41, 5.74) is 1.88. The van der Waals surface area contributed by atoms with E-state index in [1.54, 1.807) is 6.21 Å². The Morgan fingerprint density at radius 1 is 1.27 bits per heavy atom. The van der Waals surface area contributed by atoms with E-state index in [2.05, 4.69) is 11.1 Å². The van der Waals surface area contributed by atoms with Crippen molar-refractivity contribution in [2.45, 2.75) is 25.4 Å². The summed E-state index contributed by atoms with van der Waals surface area (Å²) in [6.07, 6.45) is 6.50. The highest BCUT2D eigenvalue weighted by Crippen LogP contribution is 2.18. The van der Waals surface area contributed by atoms with Crippen LogP contribution in [0.25, 0.3) is 0 Å². The average molecular weight is 201 g/mol. The Morgan fingerprint density at radius 3 is 2.80 bits per heavy atom. The number of benzene rings is 1. The Morgan fingerprint density at radius 2 is 2.07 bits per heavy atom. The quantitative estimate of drug-likeness (QED) is 0.733. The molecule has 1 aliphatic carbocycles. The Balaban J connectivity index is 2.08. The van der Waals surface area contributed by atoms with Gasteiger partial charge in [0.25, 0.3) is 0 Å². The fraction of sp³-hybridized carbons (Fsp3) is 0.308. The average Bonchev–Trinajstić information content (AvgIpc) is 2.29. The van der Waals surface area contributed by atoms with Crippen molar-refractivity contribution in [1.82, 2.24) is 0 Å². The standard InChI is InChI=1S/C13H15NO/c15-13-9-5-4-6-11(13)10-14-12-7-2-1-3-8-12/h1-3,6-8,10,13,15H,4-5,9H2. The second-order valence-electron chi connectivity index (χ2n) is 3.74. The SMILES string of the molecule is OC1CCCC=C1C=Nc1ccccc1. The van der Waals surface area contributed by atoms with E-state index in [-0.39, 0.29) is 6.10 Å². The molecule has 1 N–H and O–H groups in total. The molecule has 0 saturated heterocycles. The lowest BCUT2D eigenvalue weighted by Crippen LogP contribution is -2.14. The molecule has 0 saturated carbocycles. The van der Waals surface area contributed by atoms with Crippen molar-refractivity contribution in [2.24, 2.45) is 4.99 Å². The Bertz CT molecular complexity index is 367. The molecule has 2 rings (SSSR count). The molecule has 1 aromatic rings. The van der Waals surface area contributed by atoms with Gasteiger partial charge in [-0.05, 0) is 37.0 Å². The van der Waals surface area contributed by atoms with Crippen LogP contribution in [0.4, 0.5) is 5.69 Å². The molecule has 0 heterocycles. The lowest BCUT2D eigenvalue weighted by Gasteiger charge is -2.15. The van der Waals surface area contributed by atoms with E-state index in [1.807, 2.05) is 30.3 Å². The summed E-state index contributed by atoms with van der Waals surface area (Å²) in [5.74, 6) is 0. The van der Waals surface area contributed by atoms with Gasteiger partial charge in [0.1, 0.15) is 0 Å². The van der Waals surface area contributed by atoms with Crippen LogP contribution in [0.5, 0.6) is 0 Å². The smallest absolute Gasteiger partial charge is 0.0801 e. The lowest BCUT2D eigenvalue weighted by molar-refractivity contribution is 0.198. The number of rotatable bonds is 2. The second kappa shape index (κ2) is 4.89. The summed E-state index contributed by atoms with van der Waals surface area (Å²) in [5, 5.41) is 9.69. The predicted molar refractivity (Wildman–Crippen MR) is 62.5 cm³/mol. The summed E-state index contributed by atoms with van der Waals surface area (Å²) >= 11 is 0. The first-order valence-electron chi connectivity index (χ1n) is 5.33. The molecule has 1 unspecified atom stereocenters. The first kappa shape index (κ1) is 10.1. The molecule has 1 aliphatic rings. The van der Waals surface area contributed by atoms with Gasteiger partial charge in [0, 0.05) is 6.21 Å². The molecule has 0 amide bonds. The van der Waals surface area contributed by atoms with Gasteiger partial charge in [-0.3, -0.25) is 4.99 Å². The number of hydrogen-bond donors (Lipinski definition) is 1. The number of allylic oxidation sites excluding steroid dienone is 1. The maximum absolute atomic E-state index is 9.69. The number of nitrogens with zero attached hydrogens (tertiary/aromatic N) is 1. The highest BCUT2D eigenvalue weighted by molar-refractivity contribution is 5.82. The largest absolute Gasteiger partial charge is 0.388 e. The molecule has 1 aromatic carbocycles. The number of para-hydroxylation sites is 1. The zero-order chi connectivity index (χ0) is 10.5. The molecule has 2 heteroatoms. The molecule has 0 radical (unpaired) electrons. The van der Waals surface area contributed by atoms with E-state index in [9.17, 15) is 5.11 Å². The van der Waals surface area contributed by atoms with Crippen LogP contribution < -0.4 is 0 Å². The van der Waals surface area contributed by atoms with E-state index >= 15 is 0 Å². The Labute approximate surface area is 90.0 Å². The van der Waals surface area contributed by atoms with Crippen LogP contribution in [0.1, 0.15) is 19.3 Å². The number of aliphatic hydroxyl groups excluding tert-OH is 1. The van der Waals surface area contributed by atoms with Gasteiger partial charge in [0.15, 0.2) is 0 Å². The minimum absolute atomic E-state index is 0.328.